The molecule has 0 saturated heterocycles. The maximum absolute atomic E-state index is 11.5. The number of methoxy groups -OCH3 is 1. The van der Waals surface area contributed by atoms with Crippen LogP contribution in [-0.2, 0) is 20.7 Å². The van der Waals surface area contributed by atoms with Crippen LogP contribution in [0.3, 0.4) is 0 Å². The molecule has 1 aromatic rings. The summed E-state index contributed by atoms with van der Waals surface area (Å²) in [6.07, 6.45) is 2.51. The molecule has 1 aliphatic rings. The molecule has 4 nitrogen and oxygen atoms in total. The minimum atomic E-state index is -0.340. The fourth-order valence-corrected chi connectivity index (χ4v) is 2.34. The summed E-state index contributed by atoms with van der Waals surface area (Å²) in [5.74, 6) is -0.614. The predicted octanol–water partition coefficient (Wildman–Crippen LogP) is 2.41. The van der Waals surface area contributed by atoms with Gasteiger partial charge in [-0.15, -0.1) is 0 Å². The van der Waals surface area contributed by atoms with Crippen LogP contribution in [0.4, 0.5) is 0 Å². The first-order chi connectivity index (χ1) is 8.61. The quantitative estimate of drug-likeness (QED) is 0.754. The molecule has 0 saturated carbocycles. The summed E-state index contributed by atoms with van der Waals surface area (Å²) in [5, 5.41) is 0. The molecule has 0 N–H and O–H groups in total. The standard InChI is InChI=1S/C14H16O4/c1-9(15)18-13-5-3-4-10-8-11(14(16)17-2)6-7-12(10)13/h6-8,13H,3-5H2,1-2H3. The summed E-state index contributed by atoms with van der Waals surface area (Å²) in [4.78, 5) is 22.5. The summed E-state index contributed by atoms with van der Waals surface area (Å²) in [6, 6.07) is 5.40. The van der Waals surface area contributed by atoms with Crippen molar-refractivity contribution in [1.29, 1.82) is 0 Å². The number of ether oxygens (including phenoxy) is 2. The molecule has 0 bridgehead atoms. The second kappa shape index (κ2) is 5.21. The van der Waals surface area contributed by atoms with E-state index in [0.29, 0.717) is 5.56 Å². The number of esters is 2. The number of carbonyl (C=O) groups is 2. The van der Waals surface area contributed by atoms with Gasteiger partial charge < -0.3 is 9.47 Å². The van der Waals surface area contributed by atoms with Crippen LogP contribution >= 0.6 is 0 Å². The first-order valence-electron chi connectivity index (χ1n) is 6.00. The van der Waals surface area contributed by atoms with E-state index >= 15 is 0 Å². The summed E-state index contributed by atoms with van der Waals surface area (Å²) in [5.41, 5.74) is 2.61. The van der Waals surface area contributed by atoms with Gasteiger partial charge in [0, 0.05) is 6.92 Å². The molecule has 96 valence electrons. The van der Waals surface area contributed by atoms with Crippen molar-refractivity contribution in [3.63, 3.8) is 0 Å². The van der Waals surface area contributed by atoms with Crippen LogP contribution in [0.25, 0.3) is 0 Å². The summed E-state index contributed by atoms with van der Waals surface area (Å²) in [6.45, 7) is 1.41. The number of carbonyl (C=O) groups excluding carboxylic acids is 2. The average molecular weight is 248 g/mol. The third-order valence-corrected chi connectivity index (χ3v) is 3.13. The lowest BCUT2D eigenvalue weighted by Gasteiger charge is -2.25. The summed E-state index contributed by atoms with van der Waals surface area (Å²) in [7, 11) is 1.36. The lowest BCUT2D eigenvalue weighted by molar-refractivity contribution is -0.147. The van der Waals surface area contributed by atoms with Crippen LogP contribution in [0.5, 0.6) is 0 Å². The van der Waals surface area contributed by atoms with E-state index in [1.807, 2.05) is 12.1 Å². The molecule has 1 atom stereocenters. The van der Waals surface area contributed by atoms with Crippen molar-refractivity contribution >= 4 is 11.9 Å². The first-order valence-corrected chi connectivity index (χ1v) is 6.00. The molecular weight excluding hydrogens is 232 g/mol. The van der Waals surface area contributed by atoms with E-state index in [9.17, 15) is 9.59 Å². The number of hydrogen-bond donors (Lipinski definition) is 0. The topological polar surface area (TPSA) is 52.6 Å². The van der Waals surface area contributed by atoms with Gasteiger partial charge in [-0.3, -0.25) is 4.79 Å². The fraction of sp³-hybridized carbons (Fsp3) is 0.429. The van der Waals surface area contributed by atoms with Gasteiger partial charge in [-0.05, 0) is 42.5 Å². The molecule has 0 amide bonds. The molecule has 4 heteroatoms. The lowest BCUT2D eigenvalue weighted by atomic mass is 9.88. The highest BCUT2D eigenvalue weighted by atomic mass is 16.5. The number of fused-ring (bicyclic) bond motifs is 1. The van der Waals surface area contributed by atoms with E-state index in [-0.39, 0.29) is 18.0 Å². The molecule has 0 fully saturated rings. The Kier molecular flexibility index (Phi) is 3.65. The highest BCUT2D eigenvalue weighted by molar-refractivity contribution is 5.89. The van der Waals surface area contributed by atoms with Crippen molar-refractivity contribution in [3.05, 3.63) is 34.9 Å². The Morgan fingerprint density at radius 3 is 2.78 bits per heavy atom. The lowest BCUT2D eigenvalue weighted by Crippen LogP contribution is -2.16. The fourth-order valence-electron chi connectivity index (χ4n) is 2.34. The largest absolute Gasteiger partial charge is 0.465 e. The zero-order chi connectivity index (χ0) is 13.1. The second-order valence-corrected chi connectivity index (χ2v) is 4.40. The first kappa shape index (κ1) is 12.6. The van der Waals surface area contributed by atoms with E-state index in [2.05, 4.69) is 0 Å². The van der Waals surface area contributed by atoms with Crippen LogP contribution in [0, 0.1) is 0 Å². The van der Waals surface area contributed by atoms with Gasteiger partial charge in [0.05, 0.1) is 12.7 Å². The SMILES string of the molecule is COC(=O)c1ccc2c(c1)CCCC2OC(C)=O. The highest BCUT2D eigenvalue weighted by Gasteiger charge is 2.23. The van der Waals surface area contributed by atoms with E-state index in [4.69, 9.17) is 9.47 Å². The summed E-state index contributed by atoms with van der Waals surface area (Å²) < 4.78 is 9.98. The number of aryl methyl sites for hydroxylation is 1. The molecule has 1 aromatic carbocycles. The number of hydrogen-bond acceptors (Lipinski definition) is 4. The third-order valence-electron chi connectivity index (χ3n) is 3.13. The zero-order valence-electron chi connectivity index (χ0n) is 10.6. The van der Waals surface area contributed by atoms with Crippen molar-refractivity contribution in [3.8, 4) is 0 Å². The van der Waals surface area contributed by atoms with Gasteiger partial charge in [-0.25, -0.2) is 4.79 Å². The maximum atomic E-state index is 11.5. The Hall–Kier alpha value is -1.84. The molecule has 0 spiro atoms. The van der Waals surface area contributed by atoms with E-state index in [1.165, 1.54) is 14.0 Å². The van der Waals surface area contributed by atoms with Crippen molar-refractivity contribution in [2.45, 2.75) is 32.3 Å². The Morgan fingerprint density at radius 2 is 2.11 bits per heavy atom. The van der Waals surface area contributed by atoms with Crippen molar-refractivity contribution in [2.24, 2.45) is 0 Å². The van der Waals surface area contributed by atoms with Crippen molar-refractivity contribution in [2.75, 3.05) is 7.11 Å². The van der Waals surface area contributed by atoms with E-state index < -0.39 is 0 Å². The molecule has 2 rings (SSSR count). The second-order valence-electron chi connectivity index (χ2n) is 4.40. The monoisotopic (exact) mass is 248 g/mol. The molecule has 0 heterocycles. The van der Waals surface area contributed by atoms with Crippen molar-refractivity contribution < 1.29 is 19.1 Å². The van der Waals surface area contributed by atoms with Gasteiger partial charge in [-0.2, -0.15) is 0 Å². The molecule has 18 heavy (non-hydrogen) atoms. The van der Waals surface area contributed by atoms with Gasteiger partial charge in [0.25, 0.3) is 0 Å². The molecule has 1 unspecified atom stereocenters. The number of rotatable bonds is 2. The molecular formula is C14H16O4. The third kappa shape index (κ3) is 2.53. The van der Waals surface area contributed by atoms with Crippen LogP contribution in [0.1, 0.15) is 47.4 Å². The van der Waals surface area contributed by atoms with Crippen LogP contribution in [-0.4, -0.2) is 19.0 Å². The number of benzene rings is 1. The van der Waals surface area contributed by atoms with Gasteiger partial charge >= 0.3 is 11.9 Å². The Morgan fingerprint density at radius 1 is 1.33 bits per heavy atom. The van der Waals surface area contributed by atoms with E-state index in [1.54, 1.807) is 6.07 Å². The maximum Gasteiger partial charge on any atom is 0.337 e. The molecule has 1 aliphatic carbocycles. The van der Waals surface area contributed by atoms with Gasteiger partial charge in [0.15, 0.2) is 0 Å². The van der Waals surface area contributed by atoms with Gasteiger partial charge in [0.2, 0.25) is 0 Å². The average Bonchev–Trinajstić information content (AvgIpc) is 2.37. The summed E-state index contributed by atoms with van der Waals surface area (Å²) >= 11 is 0. The van der Waals surface area contributed by atoms with Crippen LogP contribution in [0.15, 0.2) is 18.2 Å². The van der Waals surface area contributed by atoms with Crippen LogP contribution < -0.4 is 0 Å². The van der Waals surface area contributed by atoms with Crippen LogP contribution in [0.2, 0.25) is 0 Å². The van der Waals surface area contributed by atoms with E-state index in [0.717, 1.165) is 30.4 Å². The normalized spacial score (nSPS) is 17.8. The minimum Gasteiger partial charge on any atom is -0.465 e. The van der Waals surface area contributed by atoms with Gasteiger partial charge in [-0.1, -0.05) is 6.07 Å². The Balaban J connectivity index is 2.30. The van der Waals surface area contributed by atoms with Crippen molar-refractivity contribution in [1.82, 2.24) is 0 Å². The zero-order valence-corrected chi connectivity index (χ0v) is 10.6. The smallest absolute Gasteiger partial charge is 0.337 e. The predicted molar refractivity (Wildman–Crippen MR) is 65.2 cm³/mol. The molecule has 0 aliphatic heterocycles. The molecule has 0 radical (unpaired) electrons. The Labute approximate surface area is 106 Å². The van der Waals surface area contributed by atoms with Gasteiger partial charge in [0.1, 0.15) is 6.10 Å². The highest BCUT2D eigenvalue weighted by Crippen LogP contribution is 2.33. The minimum absolute atomic E-state index is 0.182. The Bertz CT molecular complexity index is 479. The molecule has 0 aromatic heterocycles.